The Balaban J connectivity index is 2.57. The second kappa shape index (κ2) is 6.11. The molecule has 0 aromatic rings. The molecule has 1 N–H and O–H groups in total. The summed E-state index contributed by atoms with van der Waals surface area (Å²) in [5.74, 6) is -0.635. The minimum atomic E-state index is -0.635. The monoisotopic (exact) mass is 213 g/mol. The molecule has 1 aliphatic heterocycles. The molecule has 1 heterocycles. The lowest BCUT2D eigenvalue weighted by molar-refractivity contribution is -0.144. The van der Waals surface area contributed by atoms with Crippen LogP contribution in [0.25, 0.3) is 0 Å². The highest BCUT2D eigenvalue weighted by atomic mass is 16.4. The molecule has 2 atom stereocenters. The van der Waals surface area contributed by atoms with Crippen molar-refractivity contribution in [3.05, 3.63) is 0 Å². The van der Waals surface area contributed by atoms with E-state index in [4.69, 9.17) is 0 Å². The molecule has 0 aliphatic carbocycles. The maximum Gasteiger partial charge on any atom is 0.320 e. The number of carboxylic acid groups (broad SMARTS) is 1. The molecule has 3 nitrogen and oxygen atoms in total. The summed E-state index contributed by atoms with van der Waals surface area (Å²) in [7, 11) is 0. The van der Waals surface area contributed by atoms with Crippen LogP contribution in [0.15, 0.2) is 0 Å². The Bertz CT molecular complexity index is 206. The number of carboxylic acids is 1. The van der Waals surface area contributed by atoms with Gasteiger partial charge in [0.05, 0.1) is 0 Å². The Labute approximate surface area is 92.5 Å². The molecule has 0 radical (unpaired) electrons. The molecule has 0 aromatic heterocycles. The molecule has 88 valence electrons. The van der Waals surface area contributed by atoms with E-state index < -0.39 is 5.97 Å². The van der Waals surface area contributed by atoms with Crippen molar-refractivity contribution < 1.29 is 9.90 Å². The molecule has 1 rings (SSSR count). The zero-order chi connectivity index (χ0) is 11.3. The maximum atomic E-state index is 11.2. The summed E-state index contributed by atoms with van der Waals surface area (Å²) in [6.45, 7) is 5.24. The number of unbranched alkanes of at least 4 members (excludes halogenated alkanes) is 1. The smallest absolute Gasteiger partial charge is 0.320 e. The summed E-state index contributed by atoms with van der Waals surface area (Å²) >= 11 is 0. The minimum Gasteiger partial charge on any atom is -0.480 e. The second-order valence-corrected chi connectivity index (χ2v) is 4.44. The van der Waals surface area contributed by atoms with Crippen molar-refractivity contribution in [2.45, 2.75) is 64.5 Å². The fourth-order valence-corrected chi connectivity index (χ4v) is 2.54. The van der Waals surface area contributed by atoms with Crippen molar-refractivity contribution in [3.8, 4) is 0 Å². The molecular weight excluding hydrogens is 190 g/mol. The number of likely N-dealkylation sites (tertiary alicyclic amines) is 1. The highest BCUT2D eigenvalue weighted by Gasteiger charge is 2.33. The van der Waals surface area contributed by atoms with Crippen LogP contribution >= 0.6 is 0 Å². The van der Waals surface area contributed by atoms with Gasteiger partial charge in [-0.15, -0.1) is 0 Å². The summed E-state index contributed by atoms with van der Waals surface area (Å²) in [5.41, 5.74) is 0. The number of rotatable bonds is 6. The summed E-state index contributed by atoms with van der Waals surface area (Å²) < 4.78 is 0. The van der Waals surface area contributed by atoms with Gasteiger partial charge in [-0.1, -0.05) is 26.7 Å². The molecule has 3 heteroatoms. The van der Waals surface area contributed by atoms with Crippen molar-refractivity contribution in [3.63, 3.8) is 0 Å². The SMILES string of the molecule is CCCCC(C(=O)O)N1CCCC1CC. The highest BCUT2D eigenvalue weighted by Crippen LogP contribution is 2.24. The Morgan fingerprint density at radius 2 is 2.27 bits per heavy atom. The fourth-order valence-electron chi connectivity index (χ4n) is 2.54. The van der Waals surface area contributed by atoms with E-state index in [1.165, 1.54) is 6.42 Å². The number of nitrogens with zero attached hydrogens (tertiary/aromatic N) is 1. The lowest BCUT2D eigenvalue weighted by Gasteiger charge is -2.29. The van der Waals surface area contributed by atoms with Crippen LogP contribution in [0, 0.1) is 0 Å². The molecule has 15 heavy (non-hydrogen) atoms. The average Bonchev–Trinajstić information content (AvgIpc) is 2.66. The summed E-state index contributed by atoms with van der Waals surface area (Å²) in [5, 5.41) is 9.23. The molecule has 0 saturated carbocycles. The van der Waals surface area contributed by atoms with Gasteiger partial charge >= 0.3 is 5.97 Å². The maximum absolute atomic E-state index is 11.2. The lowest BCUT2D eigenvalue weighted by Crippen LogP contribution is -2.43. The first-order valence-corrected chi connectivity index (χ1v) is 6.19. The Morgan fingerprint density at radius 3 is 2.80 bits per heavy atom. The largest absolute Gasteiger partial charge is 0.480 e. The molecule has 2 unspecified atom stereocenters. The van der Waals surface area contributed by atoms with Gasteiger partial charge in [-0.3, -0.25) is 9.69 Å². The molecule has 1 aliphatic rings. The van der Waals surface area contributed by atoms with Gasteiger partial charge in [0.1, 0.15) is 6.04 Å². The van der Waals surface area contributed by atoms with Gasteiger partial charge in [-0.05, 0) is 32.2 Å². The number of carbonyl (C=O) groups is 1. The molecule has 0 bridgehead atoms. The fraction of sp³-hybridized carbons (Fsp3) is 0.917. The van der Waals surface area contributed by atoms with E-state index in [-0.39, 0.29) is 6.04 Å². The van der Waals surface area contributed by atoms with Crippen molar-refractivity contribution in [2.75, 3.05) is 6.54 Å². The van der Waals surface area contributed by atoms with Crippen LogP contribution in [0.3, 0.4) is 0 Å². The van der Waals surface area contributed by atoms with E-state index in [0.29, 0.717) is 6.04 Å². The van der Waals surface area contributed by atoms with Crippen LogP contribution in [0.1, 0.15) is 52.4 Å². The van der Waals surface area contributed by atoms with Crippen molar-refractivity contribution in [1.82, 2.24) is 4.90 Å². The van der Waals surface area contributed by atoms with Crippen LogP contribution in [-0.2, 0) is 4.79 Å². The Hall–Kier alpha value is -0.570. The zero-order valence-electron chi connectivity index (χ0n) is 9.91. The first-order valence-electron chi connectivity index (χ1n) is 6.19. The summed E-state index contributed by atoms with van der Waals surface area (Å²) in [4.78, 5) is 13.4. The third-order valence-electron chi connectivity index (χ3n) is 3.41. The van der Waals surface area contributed by atoms with Gasteiger partial charge < -0.3 is 5.11 Å². The van der Waals surface area contributed by atoms with Gasteiger partial charge in [0, 0.05) is 6.04 Å². The predicted molar refractivity (Wildman–Crippen MR) is 61.0 cm³/mol. The number of hydrogen-bond acceptors (Lipinski definition) is 2. The number of hydrogen-bond donors (Lipinski definition) is 1. The van der Waals surface area contributed by atoms with Gasteiger partial charge in [-0.2, -0.15) is 0 Å². The van der Waals surface area contributed by atoms with Crippen LogP contribution in [0.2, 0.25) is 0 Å². The molecule has 0 amide bonds. The first-order chi connectivity index (χ1) is 7.20. The van der Waals surface area contributed by atoms with E-state index in [0.717, 1.165) is 38.6 Å². The van der Waals surface area contributed by atoms with E-state index in [1.54, 1.807) is 0 Å². The zero-order valence-corrected chi connectivity index (χ0v) is 9.91. The van der Waals surface area contributed by atoms with Crippen molar-refractivity contribution >= 4 is 5.97 Å². The highest BCUT2D eigenvalue weighted by molar-refractivity contribution is 5.73. The van der Waals surface area contributed by atoms with Crippen LogP contribution in [0.5, 0.6) is 0 Å². The molecule has 0 aromatic carbocycles. The summed E-state index contributed by atoms with van der Waals surface area (Å²) in [6.07, 6.45) is 6.32. The van der Waals surface area contributed by atoms with Crippen molar-refractivity contribution in [1.29, 1.82) is 0 Å². The molecular formula is C12H23NO2. The van der Waals surface area contributed by atoms with E-state index >= 15 is 0 Å². The quantitative estimate of drug-likeness (QED) is 0.737. The van der Waals surface area contributed by atoms with E-state index in [2.05, 4.69) is 18.7 Å². The van der Waals surface area contributed by atoms with E-state index in [9.17, 15) is 9.90 Å². The molecule has 1 saturated heterocycles. The average molecular weight is 213 g/mol. The predicted octanol–water partition coefficient (Wildman–Crippen LogP) is 2.50. The second-order valence-electron chi connectivity index (χ2n) is 4.44. The van der Waals surface area contributed by atoms with E-state index in [1.807, 2.05) is 0 Å². The normalized spacial score (nSPS) is 24.3. The standard InChI is InChI=1S/C12H23NO2/c1-3-5-8-11(12(14)15)13-9-6-7-10(13)4-2/h10-11H,3-9H2,1-2H3,(H,14,15). The van der Waals surface area contributed by atoms with Crippen LogP contribution < -0.4 is 0 Å². The van der Waals surface area contributed by atoms with Crippen LogP contribution in [-0.4, -0.2) is 34.6 Å². The lowest BCUT2D eigenvalue weighted by atomic mass is 10.1. The van der Waals surface area contributed by atoms with Gasteiger partial charge in [0.25, 0.3) is 0 Å². The molecule has 0 spiro atoms. The van der Waals surface area contributed by atoms with Crippen molar-refractivity contribution in [2.24, 2.45) is 0 Å². The number of aliphatic carboxylic acids is 1. The van der Waals surface area contributed by atoms with Gasteiger partial charge in [-0.25, -0.2) is 0 Å². The minimum absolute atomic E-state index is 0.239. The Kier molecular flexibility index (Phi) is 5.09. The van der Waals surface area contributed by atoms with Gasteiger partial charge in [0.15, 0.2) is 0 Å². The molecule has 1 fully saturated rings. The first kappa shape index (κ1) is 12.5. The topological polar surface area (TPSA) is 40.5 Å². The third kappa shape index (κ3) is 3.20. The third-order valence-corrected chi connectivity index (χ3v) is 3.41. The van der Waals surface area contributed by atoms with Crippen LogP contribution in [0.4, 0.5) is 0 Å². The summed E-state index contributed by atoms with van der Waals surface area (Å²) in [6, 6.07) is 0.264. The van der Waals surface area contributed by atoms with Gasteiger partial charge in [0.2, 0.25) is 0 Å². The Morgan fingerprint density at radius 1 is 1.53 bits per heavy atom.